The fourth-order valence-corrected chi connectivity index (χ4v) is 3.58. The van der Waals surface area contributed by atoms with Crippen LogP contribution < -0.4 is 11.3 Å². The van der Waals surface area contributed by atoms with Gasteiger partial charge in [0, 0.05) is 6.04 Å². The third-order valence-electron chi connectivity index (χ3n) is 4.89. The van der Waals surface area contributed by atoms with E-state index in [1.807, 2.05) is 0 Å². The summed E-state index contributed by atoms with van der Waals surface area (Å²) in [5, 5.41) is 0. The Hall–Kier alpha value is -0.0800. The van der Waals surface area contributed by atoms with Crippen LogP contribution in [0.1, 0.15) is 78.6 Å². The second-order valence-corrected chi connectivity index (χ2v) is 6.46. The molecule has 0 amide bonds. The van der Waals surface area contributed by atoms with Gasteiger partial charge in [0.15, 0.2) is 0 Å². The molecule has 108 valence electrons. The molecule has 0 saturated heterocycles. The summed E-state index contributed by atoms with van der Waals surface area (Å²) in [6, 6.07) is 0.551. The highest BCUT2D eigenvalue weighted by molar-refractivity contribution is 4.82. The number of hydrogen-bond acceptors (Lipinski definition) is 2. The summed E-state index contributed by atoms with van der Waals surface area (Å²) in [5.74, 6) is 8.41. The summed E-state index contributed by atoms with van der Waals surface area (Å²) in [5.41, 5.74) is 3.13. The van der Waals surface area contributed by atoms with Crippen molar-refractivity contribution in [1.29, 1.82) is 0 Å². The molecular weight excluding hydrogens is 220 g/mol. The Morgan fingerprint density at radius 1 is 1.28 bits per heavy atom. The summed E-state index contributed by atoms with van der Waals surface area (Å²) in [6.07, 6.45) is 12.2. The van der Waals surface area contributed by atoms with E-state index in [9.17, 15) is 0 Å². The number of nitrogens with one attached hydrogen (secondary N) is 1. The van der Waals surface area contributed by atoms with Crippen molar-refractivity contribution >= 4 is 0 Å². The quantitative estimate of drug-likeness (QED) is 0.502. The zero-order valence-electron chi connectivity index (χ0n) is 12.8. The SMILES string of the molecule is CCCCC(CC)CC(NN)C1CCCC(C)C1. The number of rotatable bonds is 8. The van der Waals surface area contributed by atoms with Gasteiger partial charge < -0.3 is 0 Å². The maximum Gasteiger partial charge on any atom is 0.0241 e. The standard InChI is InChI=1S/C16H34N2/c1-4-6-9-14(5-2)12-16(18-17)15-10-7-8-13(3)11-15/h13-16,18H,4-12,17H2,1-3H3. The molecular formula is C16H34N2. The molecule has 1 fully saturated rings. The summed E-state index contributed by atoms with van der Waals surface area (Å²) < 4.78 is 0. The molecule has 0 aromatic carbocycles. The van der Waals surface area contributed by atoms with Gasteiger partial charge in [0.2, 0.25) is 0 Å². The lowest BCUT2D eigenvalue weighted by molar-refractivity contribution is 0.194. The minimum Gasteiger partial charge on any atom is -0.271 e. The highest BCUT2D eigenvalue weighted by atomic mass is 15.2. The normalized spacial score (nSPS) is 28.0. The van der Waals surface area contributed by atoms with Crippen molar-refractivity contribution in [2.24, 2.45) is 23.6 Å². The molecule has 0 spiro atoms. The van der Waals surface area contributed by atoms with Crippen molar-refractivity contribution in [3.05, 3.63) is 0 Å². The molecule has 1 saturated carbocycles. The van der Waals surface area contributed by atoms with Crippen LogP contribution in [0, 0.1) is 17.8 Å². The number of nitrogens with two attached hydrogens (primary N) is 1. The van der Waals surface area contributed by atoms with E-state index in [0.29, 0.717) is 6.04 Å². The van der Waals surface area contributed by atoms with Crippen LogP contribution in [0.3, 0.4) is 0 Å². The largest absolute Gasteiger partial charge is 0.271 e. The Bertz CT molecular complexity index is 205. The molecule has 0 aromatic heterocycles. The Kier molecular flexibility index (Phi) is 7.92. The first-order chi connectivity index (χ1) is 8.71. The van der Waals surface area contributed by atoms with Crippen LogP contribution in [0.15, 0.2) is 0 Å². The fraction of sp³-hybridized carbons (Fsp3) is 1.00. The highest BCUT2D eigenvalue weighted by Gasteiger charge is 2.27. The molecule has 0 aliphatic heterocycles. The van der Waals surface area contributed by atoms with Gasteiger partial charge in [-0.25, -0.2) is 0 Å². The highest BCUT2D eigenvalue weighted by Crippen LogP contribution is 2.33. The first-order valence-corrected chi connectivity index (χ1v) is 8.17. The third-order valence-corrected chi connectivity index (χ3v) is 4.89. The van der Waals surface area contributed by atoms with Crippen LogP contribution in [0.25, 0.3) is 0 Å². The van der Waals surface area contributed by atoms with Crippen molar-refractivity contribution < 1.29 is 0 Å². The zero-order valence-corrected chi connectivity index (χ0v) is 12.8. The van der Waals surface area contributed by atoms with E-state index in [1.165, 1.54) is 57.8 Å². The van der Waals surface area contributed by atoms with Crippen LogP contribution in [-0.2, 0) is 0 Å². The van der Waals surface area contributed by atoms with Gasteiger partial charge in [-0.2, -0.15) is 0 Å². The van der Waals surface area contributed by atoms with Crippen molar-refractivity contribution in [3.63, 3.8) is 0 Å². The first-order valence-electron chi connectivity index (χ1n) is 8.17. The molecule has 2 heteroatoms. The third kappa shape index (κ3) is 5.27. The molecule has 4 atom stereocenters. The number of hydrazine groups is 1. The summed E-state index contributed by atoms with van der Waals surface area (Å²) in [7, 11) is 0. The summed E-state index contributed by atoms with van der Waals surface area (Å²) in [4.78, 5) is 0. The van der Waals surface area contributed by atoms with Crippen LogP contribution in [0.5, 0.6) is 0 Å². The Balaban J connectivity index is 2.43. The number of hydrogen-bond donors (Lipinski definition) is 2. The number of unbranched alkanes of at least 4 members (excludes halogenated alkanes) is 1. The predicted molar refractivity (Wildman–Crippen MR) is 80.2 cm³/mol. The fourth-order valence-electron chi connectivity index (χ4n) is 3.58. The molecule has 18 heavy (non-hydrogen) atoms. The molecule has 1 aliphatic rings. The van der Waals surface area contributed by atoms with Crippen molar-refractivity contribution in [3.8, 4) is 0 Å². The zero-order chi connectivity index (χ0) is 13.4. The molecule has 0 bridgehead atoms. The molecule has 4 unspecified atom stereocenters. The van der Waals surface area contributed by atoms with Crippen LogP contribution >= 0.6 is 0 Å². The lowest BCUT2D eigenvalue weighted by Crippen LogP contribution is -2.43. The monoisotopic (exact) mass is 254 g/mol. The summed E-state index contributed by atoms with van der Waals surface area (Å²) >= 11 is 0. The lowest BCUT2D eigenvalue weighted by Gasteiger charge is -2.34. The average Bonchev–Trinajstić information content (AvgIpc) is 2.39. The van der Waals surface area contributed by atoms with Gasteiger partial charge in [0.1, 0.15) is 0 Å². The van der Waals surface area contributed by atoms with Gasteiger partial charge in [-0.05, 0) is 37.0 Å². The topological polar surface area (TPSA) is 38.0 Å². The van der Waals surface area contributed by atoms with Crippen LogP contribution in [0.2, 0.25) is 0 Å². The molecule has 3 N–H and O–H groups in total. The van der Waals surface area contributed by atoms with E-state index in [4.69, 9.17) is 5.84 Å². The molecule has 2 nitrogen and oxygen atoms in total. The van der Waals surface area contributed by atoms with E-state index in [1.54, 1.807) is 0 Å². The van der Waals surface area contributed by atoms with E-state index < -0.39 is 0 Å². The first kappa shape index (κ1) is 16.0. The second-order valence-electron chi connectivity index (χ2n) is 6.46. The Morgan fingerprint density at radius 2 is 2.06 bits per heavy atom. The van der Waals surface area contributed by atoms with Crippen LogP contribution in [-0.4, -0.2) is 6.04 Å². The van der Waals surface area contributed by atoms with Gasteiger partial charge in [0.05, 0.1) is 0 Å². The Labute approximate surface area is 114 Å². The average molecular weight is 254 g/mol. The maximum absolute atomic E-state index is 5.83. The van der Waals surface area contributed by atoms with E-state index in [-0.39, 0.29) is 0 Å². The van der Waals surface area contributed by atoms with Crippen molar-refractivity contribution in [2.75, 3.05) is 0 Å². The van der Waals surface area contributed by atoms with E-state index in [2.05, 4.69) is 26.2 Å². The lowest BCUT2D eigenvalue weighted by atomic mass is 9.76. The molecule has 0 radical (unpaired) electrons. The molecule has 0 heterocycles. The van der Waals surface area contributed by atoms with E-state index in [0.717, 1.165) is 17.8 Å². The van der Waals surface area contributed by atoms with Gasteiger partial charge in [-0.15, -0.1) is 0 Å². The predicted octanol–water partition coefficient (Wildman–Crippen LogP) is 4.25. The Morgan fingerprint density at radius 3 is 2.61 bits per heavy atom. The minimum atomic E-state index is 0.551. The van der Waals surface area contributed by atoms with Crippen LogP contribution in [0.4, 0.5) is 0 Å². The van der Waals surface area contributed by atoms with Gasteiger partial charge >= 0.3 is 0 Å². The van der Waals surface area contributed by atoms with Crippen molar-refractivity contribution in [2.45, 2.75) is 84.6 Å². The van der Waals surface area contributed by atoms with E-state index >= 15 is 0 Å². The van der Waals surface area contributed by atoms with Gasteiger partial charge in [-0.1, -0.05) is 59.3 Å². The summed E-state index contributed by atoms with van der Waals surface area (Å²) in [6.45, 7) is 7.01. The smallest absolute Gasteiger partial charge is 0.0241 e. The second kappa shape index (κ2) is 8.92. The minimum absolute atomic E-state index is 0.551. The maximum atomic E-state index is 5.83. The molecule has 1 rings (SSSR count). The molecule has 1 aliphatic carbocycles. The van der Waals surface area contributed by atoms with Gasteiger partial charge in [-0.3, -0.25) is 11.3 Å². The van der Waals surface area contributed by atoms with Crippen molar-refractivity contribution in [1.82, 2.24) is 5.43 Å². The van der Waals surface area contributed by atoms with Gasteiger partial charge in [0.25, 0.3) is 0 Å². The molecule has 0 aromatic rings.